The zero-order valence-electron chi connectivity index (χ0n) is 17.1. The Morgan fingerprint density at radius 1 is 1.28 bits per heavy atom. The van der Waals surface area contributed by atoms with Crippen molar-refractivity contribution in [3.63, 3.8) is 0 Å². The van der Waals surface area contributed by atoms with E-state index in [2.05, 4.69) is 10.3 Å². The maximum Gasteiger partial charge on any atom is 0.235 e. The van der Waals surface area contributed by atoms with E-state index in [1.54, 1.807) is 21.1 Å². The van der Waals surface area contributed by atoms with Crippen LogP contribution in [0.1, 0.15) is 44.7 Å². The van der Waals surface area contributed by atoms with Crippen LogP contribution in [0.3, 0.4) is 0 Å². The van der Waals surface area contributed by atoms with Crippen molar-refractivity contribution in [2.75, 3.05) is 14.2 Å². The van der Waals surface area contributed by atoms with E-state index >= 15 is 0 Å². The van der Waals surface area contributed by atoms with Gasteiger partial charge >= 0.3 is 0 Å². The van der Waals surface area contributed by atoms with E-state index in [9.17, 15) is 9.00 Å². The molecule has 1 fully saturated rings. The van der Waals surface area contributed by atoms with Crippen LogP contribution in [0, 0.1) is 0 Å². The fourth-order valence-electron chi connectivity index (χ4n) is 3.43. The van der Waals surface area contributed by atoms with Crippen molar-refractivity contribution in [3.8, 4) is 22.1 Å². The third-order valence-corrected chi connectivity index (χ3v) is 7.70. The van der Waals surface area contributed by atoms with Crippen LogP contribution in [0.4, 0.5) is 0 Å². The highest BCUT2D eigenvalue weighted by Crippen LogP contribution is 2.35. The first-order chi connectivity index (χ1) is 14.0. The summed E-state index contributed by atoms with van der Waals surface area (Å²) >= 11 is 1.47. The van der Waals surface area contributed by atoms with Crippen molar-refractivity contribution in [2.45, 2.75) is 56.1 Å². The molecule has 6 nitrogen and oxygen atoms in total. The number of methoxy groups -OCH3 is 2. The number of carbonyl (C=O) groups excluding carboxylic acids is 1. The highest BCUT2D eigenvalue weighted by Gasteiger charge is 2.24. The molecule has 2 atom stereocenters. The number of rotatable bonds is 8. The molecule has 158 valence electrons. The van der Waals surface area contributed by atoms with Crippen LogP contribution in [0.15, 0.2) is 23.6 Å². The minimum Gasteiger partial charge on any atom is -0.497 e. The number of nitrogens with zero attached hydrogens (tertiary/aromatic N) is 1. The Labute approximate surface area is 178 Å². The van der Waals surface area contributed by atoms with Gasteiger partial charge in [-0.05, 0) is 31.9 Å². The summed E-state index contributed by atoms with van der Waals surface area (Å²) in [6.45, 7) is 1.73. The molecule has 1 N–H and O–H groups in total. The number of hydrogen-bond acceptors (Lipinski definition) is 6. The van der Waals surface area contributed by atoms with E-state index in [4.69, 9.17) is 9.47 Å². The molecular formula is C21H28N2O4S2. The third kappa shape index (κ3) is 5.57. The lowest BCUT2D eigenvalue weighted by atomic mass is 9.95. The van der Waals surface area contributed by atoms with Gasteiger partial charge in [0.15, 0.2) is 0 Å². The zero-order valence-corrected chi connectivity index (χ0v) is 18.7. The van der Waals surface area contributed by atoms with Gasteiger partial charge in [0.25, 0.3) is 0 Å². The summed E-state index contributed by atoms with van der Waals surface area (Å²) in [6.07, 6.45) is 5.57. The van der Waals surface area contributed by atoms with E-state index in [0.29, 0.717) is 11.5 Å². The molecule has 0 saturated heterocycles. The SMILES string of the molecule is COc1ccc(-c2nc(CS(=O)C(C)C(=O)NC3CCCCC3)cs2)c(OC)c1. The molecule has 1 amide bonds. The summed E-state index contributed by atoms with van der Waals surface area (Å²) < 4.78 is 23.4. The predicted molar refractivity (Wildman–Crippen MR) is 117 cm³/mol. The molecule has 1 heterocycles. The van der Waals surface area contributed by atoms with Crippen LogP contribution in [0.5, 0.6) is 11.5 Å². The summed E-state index contributed by atoms with van der Waals surface area (Å²) in [5.74, 6) is 1.52. The molecule has 1 aliphatic carbocycles. The number of thiazole rings is 1. The number of carbonyl (C=O) groups is 1. The van der Waals surface area contributed by atoms with E-state index in [-0.39, 0.29) is 17.7 Å². The normalized spacial score (nSPS) is 16.8. The lowest BCUT2D eigenvalue weighted by Gasteiger charge is -2.24. The van der Waals surface area contributed by atoms with Crippen LogP contribution >= 0.6 is 11.3 Å². The Morgan fingerprint density at radius 3 is 2.72 bits per heavy atom. The number of ether oxygens (including phenoxy) is 2. The van der Waals surface area contributed by atoms with Crippen LogP contribution in [-0.4, -0.2) is 40.6 Å². The molecule has 0 radical (unpaired) electrons. The first-order valence-corrected chi connectivity index (χ1v) is 12.1. The van der Waals surface area contributed by atoms with Gasteiger partial charge in [-0.15, -0.1) is 11.3 Å². The lowest BCUT2D eigenvalue weighted by molar-refractivity contribution is -0.121. The standard InChI is InChI=1S/C21H28N2O4S2/c1-14(20(24)22-15-7-5-4-6-8-15)29(25)13-16-12-28-21(23-16)18-10-9-17(26-2)11-19(18)27-3/h9-12,14-15H,4-8,13H2,1-3H3,(H,22,24). The first-order valence-electron chi connectivity index (χ1n) is 9.86. The second-order valence-corrected chi connectivity index (χ2v) is 9.84. The van der Waals surface area contributed by atoms with Gasteiger partial charge in [0.05, 0.1) is 31.2 Å². The molecule has 2 unspecified atom stereocenters. The maximum absolute atomic E-state index is 12.7. The van der Waals surface area contributed by atoms with Gasteiger partial charge in [-0.1, -0.05) is 19.3 Å². The highest BCUT2D eigenvalue weighted by molar-refractivity contribution is 7.85. The monoisotopic (exact) mass is 436 g/mol. The Morgan fingerprint density at radius 2 is 2.03 bits per heavy atom. The van der Waals surface area contributed by atoms with E-state index in [1.807, 2.05) is 23.6 Å². The van der Waals surface area contributed by atoms with Gasteiger partial charge in [0, 0.05) is 28.3 Å². The fourth-order valence-corrected chi connectivity index (χ4v) is 5.38. The minimum atomic E-state index is -1.32. The molecule has 0 bridgehead atoms. The van der Waals surface area contributed by atoms with Crippen molar-refractivity contribution in [2.24, 2.45) is 0 Å². The zero-order chi connectivity index (χ0) is 20.8. The van der Waals surface area contributed by atoms with Crippen molar-refractivity contribution in [3.05, 3.63) is 29.3 Å². The average Bonchev–Trinajstić information content (AvgIpc) is 3.21. The molecule has 1 aromatic carbocycles. The van der Waals surface area contributed by atoms with Crippen molar-refractivity contribution in [1.29, 1.82) is 0 Å². The molecule has 8 heteroatoms. The number of aromatic nitrogens is 1. The fraction of sp³-hybridized carbons (Fsp3) is 0.524. The molecule has 3 rings (SSSR count). The van der Waals surface area contributed by atoms with Gasteiger partial charge in [0.2, 0.25) is 5.91 Å². The van der Waals surface area contributed by atoms with Crippen molar-refractivity contribution in [1.82, 2.24) is 10.3 Å². The second kappa shape index (κ2) is 10.2. The highest BCUT2D eigenvalue weighted by atomic mass is 32.2. The van der Waals surface area contributed by atoms with Crippen LogP contribution in [-0.2, 0) is 21.3 Å². The number of amides is 1. The van der Waals surface area contributed by atoms with Gasteiger partial charge in [0.1, 0.15) is 21.8 Å². The topological polar surface area (TPSA) is 77.5 Å². The lowest BCUT2D eigenvalue weighted by Crippen LogP contribution is -2.42. The summed E-state index contributed by atoms with van der Waals surface area (Å²) in [7, 11) is 1.89. The van der Waals surface area contributed by atoms with Crippen LogP contribution in [0.25, 0.3) is 10.6 Å². The Balaban J connectivity index is 1.63. The molecule has 2 aromatic rings. The van der Waals surface area contributed by atoms with Gasteiger partial charge in [-0.25, -0.2) is 4.98 Å². The van der Waals surface area contributed by atoms with Gasteiger partial charge < -0.3 is 14.8 Å². The van der Waals surface area contributed by atoms with Gasteiger partial charge in [-0.2, -0.15) is 0 Å². The first kappa shape index (κ1) is 21.8. The molecule has 1 aromatic heterocycles. The van der Waals surface area contributed by atoms with E-state index in [0.717, 1.165) is 41.9 Å². The summed E-state index contributed by atoms with van der Waals surface area (Å²) in [6, 6.07) is 5.79. The van der Waals surface area contributed by atoms with E-state index in [1.165, 1.54) is 17.8 Å². The summed E-state index contributed by atoms with van der Waals surface area (Å²) in [5, 5.41) is 5.19. The number of benzene rings is 1. The van der Waals surface area contributed by atoms with Crippen LogP contribution < -0.4 is 14.8 Å². The number of hydrogen-bond donors (Lipinski definition) is 1. The van der Waals surface area contributed by atoms with Crippen molar-refractivity contribution >= 4 is 28.0 Å². The quantitative estimate of drug-likeness (QED) is 0.679. The minimum absolute atomic E-state index is 0.123. The smallest absolute Gasteiger partial charge is 0.235 e. The summed E-state index contributed by atoms with van der Waals surface area (Å²) in [4.78, 5) is 17.1. The van der Waals surface area contributed by atoms with E-state index < -0.39 is 16.0 Å². The Bertz CT molecular complexity index is 862. The summed E-state index contributed by atoms with van der Waals surface area (Å²) in [5.41, 5.74) is 1.58. The molecule has 1 saturated carbocycles. The molecule has 1 aliphatic rings. The number of nitrogens with one attached hydrogen (secondary N) is 1. The Kier molecular flexibility index (Phi) is 7.66. The third-order valence-electron chi connectivity index (χ3n) is 5.20. The molecule has 0 aliphatic heterocycles. The average molecular weight is 437 g/mol. The predicted octanol–water partition coefficient (Wildman–Crippen LogP) is 3.91. The molecule has 0 spiro atoms. The molecule has 29 heavy (non-hydrogen) atoms. The second-order valence-electron chi connectivity index (χ2n) is 7.22. The maximum atomic E-state index is 12.7. The largest absolute Gasteiger partial charge is 0.497 e. The Hall–Kier alpha value is -1.93. The van der Waals surface area contributed by atoms with Crippen molar-refractivity contribution < 1.29 is 18.5 Å². The van der Waals surface area contributed by atoms with Crippen LogP contribution in [0.2, 0.25) is 0 Å². The van der Waals surface area contributed by atoms with Gasteiger partial charge in [-0.3, -0.25) is 9.00 Å². The molecular weight excluding hydrogens is 408 g/mol.